The average Bonchev–Trinajstić information content (AvgIpc) is 2.79. The van der Waals surface area contributed by atoms with Crippen molar-refractivity contribution in [3.63, 3.8) is 0 Å². The molecule has 0 atom stereocenters. The molecule has 0 N–H and O–H groups in total. The van der Waals surface area contributed by atoms with Gasteiger partial charge in [0.15, 0.2) is 0 Å². The van der Waals surface area contributed by atoms with E-state index in [2.05, 4.69) is 20.9 Å². The molecule has 0 aliphatic rings. The molecular weight excluding hydrogens is 378 g/mol. The summed E-state index contributed by atoms with van der Waals surface area (Å²) in [4.78, 5) is 4.45. The molecule has 0 unspecified atom stereocenters. The van der Waals surface area contributed by atoms with Gasteiger partial charge in [0.25, 0.3) is 0 Å². The maximum absolute atomic E-state index is 13.8. The first kappa shape index (κ1) is 14.8. The number of rotatable bonds is 3. The fourth-order valence-corrected chi connectivity index (χ4v) is 2.98. The van der Waals surface area contributed by atoms with Crippen LogP contribution in [0.5, 0.6) is 0 Å². The van der Waals surface area contributed by atoms with Gasteiger partial charge >= 0.3 is 0 Å². The van der Waals surface area contributed by atoms with Gasteiger partial charge in [-0.25, -0.2) is 9.37 Å². The molecule has 0 aliphatic carbocycles. The van der Waals surface area contributed by atoms with E-state index < -0.39 is 0 Å². The van der Waals surface area contributed by atoms with Gasteiger partial charge in [-0.2, -0.15) is 0 Å². The third kappa shape index (κ3) is 2.80. The maximum atomic E-state index is 13.8. The molecule has 108 valence electrons. The van der Waals surface area contributed by atoms with Crippen LogP contribution in [0.4, 0.5) is 4.39 Å². The van der Waals surface area contributed by atoms with Crippen molar-refractivity contribution in [2.75, 3.05) is 0 Å². The summed E-state index contributed by atoms with van der Waals surface area (Å²) in [5.74, 6) is 0.603. The largest absolute Gasteiger partial charge is 0.322 e. The van der Waals surface area contributed by atoms with Crippen molar-refractivity contribution in [2.24, 2.45) is 0 Å². The van der Waals surface area contributed by atoms with Crippen LogP contribution < -0.4 is 0 Å². The Morgan fingerprint density at radius 1 is 1.24 bits per heavy atom. The van der Waals surface area contributed by atoms with E-state index in [0.717, 1.165) is 5.56 Å². The van der Waals surface area contributed by atoms with Crippen LogP contribution in [0.3, 0.4) is 0 Å². The van der Waals surface area contributed by atoms with Crippen LogP contribution in [0.15, 0.2) is 40.9 Å². The summed E-state index contributed by atoms with van der Waals surface area (Å²) in [5, 5.41) is 0.664. The molecule has 0 aliphatic heterocycles. The van der Waals surface area contributed by atoms with Crippen LogP contribution in [-0.2, 0) is 12.4 Å². The molecule has 0 radical (unpaired) electrons. The van der Waals surface area contributed by atoms with Crippen LogP contribution in [0.2, 0.25) is 5.02 Å². The zero-order chi connectivity index (χ0) is 15.0. The maximum Gasteiger partial charge on any atom is 0.139 e. The van der Waals surface area contributed by atoms with Gasteiger partial charge in [-0.1, -0.05) is 29.8 Å². The highest BCUT2D eigenvalue weighted by Gasteiger charge is 2.14. The number of hydrogen-bond acceptors (Lipinski definition) is 1. The van der Waals surface area contributed by atoms with E-state index in [1.807, 2.05) is 28.8 Å². The summed E-state index contributed by atoms with van der Waals surface area (Å²) in [6.07, 6.45) is 0. The van der Waals surface area contributed by atoms with E-state index in [1.165, 1.54) is 6.07 Å². The number of hydrogen-bond donors (Lipinski definition) is 0. The molecule has 0 fully saturated rings. The number of aromatic nitrogens is 2. The normalized spacial score (nSPS) is 11.2. The first-order valence-electron chi connectivity index (χ1n) is 6.23. The number of halogens is 4. The van der Waals surface area contributed by atoms with Crippen LogP contribution in [0.1, 0.15) is 11.4 Å². The highest BCUT2D eigenvalue weighted by molar-refractivity contribution is 9.10. The third-order valence-electron chi connectivity index (χ3n) is 3.28. The van der Waals surface area contributed by atoms with Gasteiger partial charge in [-0.3, -0.25) is 0 Å². The topological polar surface area (TPSA) is 17.8 Å². The SMILES string of the molecule is Fc1cc2c(cc1Br)nc(CCl)n2Cc1ccccc1Cl. The molecule has 0 amide bonds. The standard InChI is InChI=1S/C15H10BrCl2FN2/c16-10-5-13-14(6-12(10)19)21(15(7-17)20-13)8-9-3-1-2-4-11(9)18/h1-6H,7-8H2. The Morgan fingerprint density at radius 2 is 2.00 bits per heavy atom. The van der Waals surface area contributed by atoms with E-state index in [-0.39, 0.29) is 11.7 Å². The zero-order valence-corrected chi connectivity index (χ0v) is 13.9. The summed E-state index contributed by atoms with van der Waals surface area (Å²) in [5.41, 5.74) is 2.34. The molecule has 3 rings (SSSR count). The average molecular weight is 388 g/mol. The van der Waals surface area contributed by atoms with Gasteiger partial charge in [0, 0.05) is 11.1 Å². The monoisotopic (exact) mass is 386 g/mol. The van der Waals surface area contributed by atoms with Crippen molar-refractivity contribution in [2.45, 2.75) is 12.4 Å². The molecule has 0 bridgehead atoms. The quantitative estimate of drug-likeness (QED) is 0.551. The molecule has 0 saturated carbocycles. The fraction of sp³-hybridized carbons (Fsp3) is 0.133. The molecule has 2 nitrogen and oxygen atoms in total. The Bertz CT molecular complexity index is 817. The second kappa shape index (κ2) is 5.95. The van der Waals surface area contributed by atoms with Crippen LogP contribution >= 0.6 is 39.1 Å². The van der Waals surface area contributed by atoms with E-state index in [9.17, 15) is 4.39 Å². The second-order valence-electron chi connectivity index (χ2n) is 4.59. The fourth-order valence-electron chi connectivity index (χ4n) is 2.25. The van der Waals surface area contributed by atoms with Crippen molar-refractivity contribution in [3.8, 4) is 0 Å². The predicted octanol–water partition coefficient (Wildman–Crippen LogP) is 5.38. The van der Waals surface area contributed by atoms with Crippen LogP contribution in [-0.4, -0.2) is 9.55 Å². The van der Waals surface area contributed by atoms with Crippen molar-refractivity contribution in [1.82, 2.24) is 9.55 Å². The lowest BCUT2D eigenvalue weighted by atomic mass is 10.2. The van der Waals surface area contributed by atoms with Crippen molar-refractivity contribution >= 4 is 50.2 Å². The lowest BCUT2D eigenvalue weighted by Gasteiger charge is -2.09. The molecule has 6 heteroatoms. The highest BCUT2D eigenvalue weighted by atomic mass is 79.9. The first-order chi connectivity index (χ1) is 10.1. The Balaban J connectivity index is 2.16. The van der Waals surface area contributed by atoms with Gasteiger partial charge in [0.1, 0.15) is 11.6 Å². The Labute approximate surface area is 139 Å². The third-order valence-corrected chi connectivity index (χ3v) is 4.49. The Morgan fingerprint density at radius 3 is 2.71 bits per heavy atom. The number of imidazole rings is 1. The molecule has 2 aromatic carbocycles. The lowest BCUT2D eigenvalue weighted by molar-refractivity contribution is 0.621. The van der Waals surface area contributed by atoms with Crippen molar-refractivity contribution in [3.05, 3.63) is 63.1 Å². The lowest BCUT2D eigenvalue weighted by Crippen LogP contribution is -2.04. The minimum atomic E-state index is -0.330. The number of nitrogens with zero attached hydrogens (tertiary/aromatic N) is 2. The molecule has 3 aromatic rings. The summed E-state index contributed by atoms with van der Waals surface area (Å²) >= 11 is 15.3. The van der Waals surface area contributed by atoms with Gasteiger partial charge in [-0.05, 0) is 33.6 Å². The zero-order valence-electron chi connectivity index (χ0n) is 10.8. The Kier molecular flexibility index (Phi) is 4.20. The van der Waals surface area contributed by atoms with Crippen molar-refractivity contribution in [1.29, 1.82) is 0 Å². The molecule has 0 saturated heterocycles. The second-order valence-corrected chi connectivity index (χ2v) is 6.12. The van der Waals surface area contributed by atoms with E-state index in [0.29, 0.717) is 32.9 Å². The smallest absolute Gasteiger partial charge is 0.139 e. The van der Waals surface area contributed by atoms with E-state index in [4.69, 9.17) is 23.2 Å². The number of alkyl halides is 1. The minimum absolute atomic E-state index is 0.248. The van der Waals surface area contributed by atoms with Gasteiger partial charge in [-0.15, -0.1) is 11.6 Å². The van der Waals surface area contributed by atoms with Crippen LogP contribution in [0, 0.1) is 5.82 Å². The van der Waals surface area contributed by atoms with E-state index >= 15 is 0 Å². The Hall–Kier alpha value is -1.10. The van der Waals surface area contributed by atoms with Crippen LogP contribution in [0.25, 0.3) is 11.0 Å². The summed E-state index contributed by atoms with van der Waals surface area (Å²) < 4.78 is 16.1. The summed E-state index contributed by atoms with van der Waals surface area (Å²) in [6, 6.07) is 10.7. The molecule has 21 heavy (non-hydrogen) atoms. The minimum Gasteiger partial charge on any atom is -0.322 e. The molecule has 1 heterocycles. The summed E-state index contributed by atoms with van der Waals surface area (Å²) in [6.45, 7) is 0.499. The highest BCUT2D eigenvalue weighted by Crippen LogP contribution is 2.26. The van der Waals surface area contributed by atoms with Gasteiger partial charge in [0.2, 0.25) is 0 Å². The first-order valence-corrected chi connectivity index (χ1v) is 7.94. The summed E-state index contributed by atoms with van der Waals surface area (Å²) in [7, 11) is 0. The number of fused-ring (bicyclic) bond motifs is 1. The van der Waals surface area contributed by atoms with E-state index in [1.54, 1.807) is 6.07 Å². The molecule has 1 aromatic heterocycles. The molecule has 0 spiro atoms. The van der Waals surface area contributed by atoms with Gasteiger partial charge < -0.3 is 4.57 Å². The van der Waals surface area contributed by atoms with Crippen molar-refractivity contribution < 1.29 is 4.39 Å². The van der Waals surface area contributed by atoms with Gasteiger partial charge in [0.05, 0.1) is 27.9 Å². The molecular formula is C15H10BrCl2FN2. The predicted molar refractivity (Wildman–Crippen MR) is 87.5 cm³/mol. The number of benzene rings is 2.